The molecule has 0 bridgehead atoms. The first-order chi connectivity index (χ1) is 32.8. The Labute approximate surface area is 411 Å². The molecule has 7 atom stereocenters. The summed E-state index contributed by atoms with van der Waals surface area (Å²) in [6.07, 6.45) is 58.1. The van der Waals surface area contributed by atoms with Crippen molar-refractivity contribution in [3.63, 3.8) is 0 Å². The van der Waals surface area contributed by atoms with Crippen molar-refractivity contribution in [1.29, 1.82) is 0 Å². The summed E-state index contributed by atoms with van der Waals surface area (Å²) in [7, 11) is 0. The van der Waals surface area contributed by atoms with E-state index in [1.165, 1.54) is 154 Å². The van der Waals surface area contributed by atoms with Gasteiger partial charge < -0.3 is 40.3 Å². The minimum absolute atomic E-state index is 0.182. The summed E-state index contributed by atoms with van der Waals surface area (Å²) in [6.45, 7) is 3.55. The second-order valence-corrected chi connectivity index (χ2v) is 19.4. The Kier molecular flexibility index (Phi) is 44.7. The quantitative estimate of drug-likeness (QED) is 0.0261. The summed E-state index contributed by atoms with van der Waals surface area (Å²) in [5.74, 6) is -0.182. The van der Waals surface area contributed by atoms with Crippen molar-refractivity contribution in [3.05, 3.63) is 60.8 Å². The van der Waals surface area contributed by atoms with Gasteiger partial charge in [-0.15, -0.1) is 0 Å². The van der Waals surface area contributed by atoms with E-state index in [1.54, 1.807) is 6.08 Å². The van der Waals surface area contributed by atoms with Gasteiger partial charge in [0, 0.05) is 6.42 Å². The minimum atomic E-state index is -1.56. The van der Waals surface area contributed by atoms with Crippen LogP contribution in [-0.2, 0) is 14.3 Å². The molecule has 1 rings (SSSR count). The van der Waals surface area contributed by atoms with Gasteiger partial charge in [-0.3, -0.25) is 4.79 Å². The number of hydrogen-bond donors (Lipinski definition) is 6. The molecule has 1 aliphatic rings. The van der Waals surface area contributed by atoms with Gasteiger partial charge in [-0.05, 0) is 57.8 Å². The van der Waals surface area contributed by atoms with Gasteiger partial charge in [-0.25, -0.2) is 0 Å². The Morgan fingerprint density at radius 3 is 1.37 bits per heavy atom. The third kappa shape index (κ3) is 37.4. The summed E-state index contributed by atoms with van der Waals surface area (Å²) < 4.78 is 11.1. The average Bonchev–Trinajstić information content (AvgIpc) is 3.33. The van der Waals surface area contributed by atoms with Gasteiger partial charge in [0.05, 0.1) is 25.4 Å². The molecule has 9 heteroatoms. The highest BCUT2D eigenvalue weighted by Crippen LogP contribution is 2.23. The molecule has 1 fully saturated rings. The Balaban J connectivity index is 1.93. The molecule has 0 radical (unpaired) electrons. The van der Waals surface area contributed by atoms with Gasteiger partial charge in [0.25, 0.3) is 0 Å². The summed E-state index contributed by atoms with van der Waals surface area (Å²) in [5.41, 5.74) is 0. The number of hydrogen-bond acceptors (Lipinski definition) is 8. The Bertz CT molecular complexity index is 1230. The molecule has 0 aromatic carbocycles. The highest BCUT2D eigenvalue weighted by atomic mass is 16.7. The standard InChI is InChI=1S/C58H105NO8/c1-3-5-7-9-10-11-12-13-14-15-16-17-18-19-20-21-22-23-24-25-26-27-28-29-30-31-32-33-34-35-36-37-38-39-40-41-42-44-46-48-54(62)59-51(52(61)47-45-43-8-6-4-2)50-66-58-57(65)56(64)55(63)53(49-60)67-58/h5,7,10-11,13-14,16-17,45,47,51-53,55-58,60-61,63-65H,3-4,6,8-9,12,15,18-44,46,48-50H2,1-2H3,(H,59,62)/b7-5-,11-10-,14-13-,17-16-,47-45+. The van der Waals surface area contributed by atoms with Crippen molar-refractivity contribution in [2.75, 3.05) is 13.2 Å². The van der Waals surface area contributed by atoms with E-state index in [9.17, 15) is 30.3 Å². The monoisotopic (exact) mass is 944 g/mol. The number of nitrogens with one attached hydrogen (secondary N) is 1. The second kappa shape index (κ2) is 47.6. The highest BCUT2D eigenvalue weighted by Gasteiger charge is 2.44. The molecule has 9 nitrogen and oxygen atoms in total. The van der Waals surface area contributed by atoms with Crippen LogP contribution in [0.1, 0.15) is 245 Å². The van der Waals surface area contributed by atoms with Crippen molar-refractivity contribution >= 4 is 5.91 Å². The van der Waals surface area contributed by atoms with Crippen LogP contribution in [0.4, 0.5) is 0 Å². The molecular weight excluding hydrogens is 839 g/mol. The fourth-order valence-corrected chi connectivity index (χ4v) is 8.68. The molecule has 0 saturated carbocycles. The summed E-state index contributed by atoms with van der Waals surface area (Å²) >= 11 is 0. The first kappa shape index (κ1) is 62.9. The molecule has 1 aliphatic heterocycles. The molecule has 0 spiro atoms. The molecule has 1 heterocycles. The molecular formula is C58H105NO8. The smallest absolute Gasteiger partial charge is 0.220 e. The van der Waals surface area contributed by atoms with E-state index < -0.39 is 49.5 Å². The van der Waals surface area contributed by atoms with Gasteiger partial charge in [-0.2, -0.15) is 0 Å². The van der Waals surface area contributed by atoms with Crippen LogP contribution in [0, 0.1) is 0 Å². The molecule has 7 unspecified atom stereocenters. The predicted octanol–water partition coefficient (Wildman–Crippen LogP) is 13.5. The molecule has 1 saturated heterocycles. The van der Waals surface area contributed by atoms with E-state index in [1.807, 2.05) is 6.08 Å². The fourth-order valence-electron chi connectivity index (χ4n) is 8.68. The lowest BCUT2D eigenvalue weighted by molar-refractivity contribution is -0.302. The van der Waals surface area contributed by atoms with Crippen LogP contribution in [0.2, 0.25) is 0 Å². The van der Waals surface area contributed by atoms with E-state index in [-0.39, 0.29) is 12.5 Å². The largest absolute Gasteiger partial charge is 0.394 e. The van der Waals surface area contributed by atoms with E-state index in [2.05, 4.69) is 67.8 Å². The Hall–Kier alpha value is -2.11. The minimum Gasteiger partial charge on any atom is -0.394 e. The maximum atomic E-state index is 12.9. The number of unbranched alkanes of at least 4 members (excludes halogenated alkanes) is 29. The van der Waals surface area contributed by atoms with E-state index in [0.29, 0.717) is 6.42 Å². The molecule has 67 heavy (non-hydrogen) atoms. The zero-order valence-corrected chi connectivity index (χ0v) is 43.1. The number of carbonyl (C=O) groups is 1. The lowest BCUT2D eigenvalue weighted by Gasteiger charge is -2.40. The van der Waals surface area contributed by atoms with E-state index >= 15 is 0 Å². The first-order valence-corrected chi connectivity index (χ1v) is 28.0. The van der Waals surface area contributed by atoms with E-state index in [4.69, 9.17) is 9.47 Å². The van der Waals surface area contributed by atoms with Crippen LogP contribution < -0.4 is 5.32 Å². The Morgan fingerprint density at radius 2 is 0.925 bits per heavy atom. The van der Waals surface area contributed by atoms with Gasteiger partial charge >= 0.3 is 0 Å². The van der Waals surface area contributed by atoms with Crippen LogP contribution in [0.3, 0.4) is 0 Å². The van der Waals surface area contributed by atoms with E-state index in [0.717, 1.165) is 70.6 Å². The van der Waals surface area contributed by atoms with Gasteiger partial charge in [0.1, 0.15) is 24.4 Å². The summed E-state index contributed by atoms with van der Waals surface area (Å²) in [6, 6.07) is -0.799. The molecule has 0 aromatic heterocycles. The predicted molar refractivity (Wildman–Crippen MR) is 281 cm³/mol. The van der Waals surface area contributed by atoms with Crippen molar-refractivity contribution < 1.29 is 39.8 Å². The molecule has 6 N–H and O–H groups in total. The van der Waals surface area contributed by atoms with Crippen molar-refractivity contribution in [2.45, 2.75) is 288 Å². The first-order valence-electron chi connectivity index (χ1n) is 28.0. The van der Waals surface area contributed by atoms with Crippen LogP contribution in [0.25, 0.3) is 0 Å². The SMILES string of the molecule is CC/C=C\C/C=C\C/C=C\C/C=C\CCCCCCCCCCCCCCCCCCCCCCCCCCCCC(=O)NC(COC1OC(CO)C(O)C(O)C1O)C(O)/C=C/CCCCC. The van der Waals surface area contributed by atoms with Crippen LogP contribution >= 0.6 is 0 Å². The second-order valence-electron chi connectivity index (χ2n) is 19.4. The molecule has 0 aliphatic carbocycles. The molecule has 1 amide bonds. The highest BCUT2D eigenvalue weighted by molar-refractivity contribution is 5.76. The van der Waals surface area contributed by atoms with Gasteiger partial charge in [-0.1, -0.05) is 242 Å². The normalized spacial score (nSPS) is 20.1. The number of carbonyl (C=O) groups excluding carboxylic acids is 1. The van der Waals surface area contributed by atoms with Gasteiger partial charge in [0.2, 0.25) is 5.91 Å². The number of rotatable bonds is 47. The van der Waals surface area contributed by atoms with Gasteiger partial charge in [0.15, 0.2) is 6.29 Å². The maximum absolute atomic E-state index is 12.9. The van der Waals surface area contributed by atoms with Crippen molar-refractivity contribution in [2.24, 2.45) is 0 Å². The zero-order valence-electron chi connectivity index (χ0n) is 43.1. The maximum Gasteiger partial charge on any atom is 0.220 e. The van der Waals surface area contributed by atoms with Crippen molar-refractivity contribution in [3.8, 4) is 0 Å². The summed E-state index contributed by atoms with van der Waals surface area (Å²) in [4.78, 5) is 12.9. The lowest BCUT2D eigenvalue weighted by Crippen LogP contribution is -2.60. The Morgan fingerprint density at radius 1 is 0.522 bits per heavy atom. The number of aliphatic hydroxyl groups excluding tert-OH is 5. The van der Waals surface area contributed by atoms with Crippen LogP contribution in [0.15, 0.2) is 60.8 Å². The summed E-state index contributed by atoms with van der Waals surface area (Å²) in [5, 5.41) is 53.8. The average molecular weight is 944 g/mol. The molecule has 390 valence electrons. The third-order valence-electron chi connectivity index (χ3n) is 13.1. The van der Waals surface area contributed by atoms with Crippen LogP contribution in [-0.4, -0.2) is 87.5 Å². The number of amides is 1. The molecule has 0 aromatic rings. The van der Waals surface area contributed by atoms with Crippen LogP contribution in [0.5, 0.6) is 0 Å². The third-order valence-corrected chi connectivity index (χ3v) is 13.1. The van der Waals surface area contributed by atoms with Crippen molar-refractivity contribution in [1.82, 2.24) is 5.32 Å². The zero-order chi connectivity index (χ0) is 48.7. The number of aliphatic hydroxyl groups is 5. The lowest BCUT2D eigenvalue weighted by atomic mass is 9.99. The number of ether oxygens (including phenoxy) is 2. The topological polar surface area (TPSA) is 149 Å². The fraction of sp³-hybridized carbons (Fsp3) is 0.810. The number of allylic oxidation sites excluding steroid dienone is 9.